The van der Waals surface area contributed by atoms with Gasteiger partial charge in [0, 0.05) is 13.0 Å². The van der Waals surface area contributed by atoms with Crippen LogP contribution in [-0.2, 0) is 4.79 Å². The van der Waals surface area contributed by atoms with Gasteiger partial charge in [-0.3, -0.25) is 4.79 Å². The van der Waals surface area contributed by atoms with Crippen molar-refractivity contribution in [3.05, 3.63) is 28.8 Å². The van der Waals surface area contributed by atoms with E-state index in [0.717, 1.165) is 12.8 Å². The van der Waals surface area contributed by atoms with Gasteiger partial charge in [-0.05, 0) is 31.0 Å². The van der Waals surface area contributed by atoms with Crippen LogP contribution in [0.5, 0.6) is 0 Å². The maximum Gasteiger partial charge on any atom is 0.227 e. The molecule has 0 aromatic heterocycles. The number of piperidine rings is 1. The third-order valence-electron chi connectivity index (χ3n) is 2.69. The second-order valence-electron chi connectivity index (χ2n) is 3.78. The number of halogens is 1. The van der Waals surface area contributed by atoms with Crippen molar-refractivity contribution < 1.29 is 4.79 Å². The molecule has 1 aromatic carbocycles. The van der Waals surface area contributed by atoms with Crippen LogP contribution in [0.25, 0.3) is 0 Å². The molecule has 1 aliphatic heterocycles. The van der Waals surface area contributed by atoms with Gasteiger partial charge in [0.15, 0.2) is 0 Å². The molecule has 1 aromatic rings. The van der Waals surface area contributed by atoms with Crippen molar-refractivity contribution in [2.75, 3.05) is 11.4 Å². The second kappa shape index (κ2) is 4.54. The van der Waals surface area contributed by atoms with E-state index >= 15 is 0 Å². The highest BCUT2D eigenvalue weighted by molar-refractivity contribution is 6.34. The van der Waals surface area contributed by atoms with Crippen molar-refractivity contribution in [2.45, 2.75) is 19.3 Å². The first-order valence-electron chi connectivity index (χ1n) is 5.22. The van der Waals surface area contributed by atoms with Gasteiger partial charge in [-0.25, -0.2) is 0 Å². The number of hydrogen-bond donors (Lipinski definition) is 0. The Morgan fingerprint density at radius 2 is 2.19 bits per heavy atom. The molecule has 0 radical (unpaired) electrons. The topological polar surface area (TPSA) is 44.1 Å². The van der Waals surface area contributed by atoms with E-state index in [-0.39, 0.29) is 5.91 Å². The van der Waals surface area contributed by atoms with Gasteiger partial charge in [0.1, 0.15) is 0 Å². The number of carbonyl (C=O) groups excluding carboxylic acids is 1. The lowest BCUT2D eigenvalue weighted by atomic mass is 10.1. The summed E-state index contributed by atoms with van der Waals surface area (Å²) in [7, 11) is 0. The molecule has 0 aliphatic carbocycles. The molecule has 1 amide bonds. The van der Waals surface area contributed by atoms with Gasteiger partial charge in [0.2, 0.25) is 5.91 Å². The molecule has 0 bridgehead atoms. The van der Waals surface area contributed by atoms with Crippen LogP contribution in [0, 0.1) is 11.3 Å². The van der Waals surface area contributed by atoms with E-state index in [1.165, 1.54) is 0 Å². The largest absolute Gasteiger partial charge is 0.311 e. The highest BCUT2D eigenvalue weighted by Crippen LogP contribution is 2.29. The zero-order valence-electron chi connectivity index (χ0n) is 8.74. The van der Waals surface area contributed by atoms with Crippen molar-refractivity contribution in [1.82, 2.24) is 0 Å². The molecule has 4 heteroatoms. The molecule has 0 saturated carbocycles. The molecule has 1 heterocycles. The molecular formula is C12H11ClN2O. The molecule has 0 spiro atoms. The van der Waals surface area contributed by atoms with Crippen LogP contribution < -0.4 is 4.90 Å². The predicted molar refractivity (Wildman–Crippen MR) is 62.4 cm³/mol. The molecule has 3 nitrogen and oxygen atoms in total. The summed E-state index contributed by atoms with van der Waals surface area (Å²) < 4.78 is 0. The second-order valence-corrected chi connectivity index (χ2v) is 4.19. The van der Waals surface area contributed by atoms with E-state index in [1.807, 2.05) is 6.07 Å². The first kappa shape index (κ1) is 11.0. The fourth-order valence-electron chi connectivity index (χ4n) is 1.86. The number of nitriles is 1. The fraction of sp³-hybridized carbons (Fsp3) is 0.333. The Hall–Kier alpha value is -1.53. The van der Waals surface area contributed by atoms with Gasteiger partial charge < -0.3 is 4.90 Å². The van der Waals surface area contributed by atoms with Crippen LogP contribution in [0.1, 0.15) is 24.8 Å². The van der Waals surface area contributed by atoms with E-state index in [0.29, 0.717) is 29.2 Å². The molecule has 1 fully saturated rings. The normalized spacial score (nSPS) is 16.0. The SMILES string of the molecule is N#Cc1ccc(N2CCCCC2=O)c(Cl)c1. The van der Waals surface area contributed by atoms with Gasteiger partial charge in [-0.15, -0.1) is 0 Å². The summed E-state index contributed by atoms with van der Waals surface area (Å²) in [5, 5.41) is 9.19. The molecule has 16 heavy (non-hydrogen) atoms. The first-order chi connectivity index (χ1) is 7.72. The fourth-order valence-corrected chi connectivity index (χ4v) is 2.14. The van der Waals surface area contributed by atoms with Gasteiger partial charge in [-0.1, -0.05) is 11.6 Å². The van der Waals surface area contributed by atoms with Crippen LogP contribution >= 0.6 is 11.6 Å². The molecule has 1 aliphatic rings. The number of amides is 1. The summed E-state index contributed by atoms with van der Waals surface area (Å²) in [6, 6.07) is 7.04. The van der Waals surface area contributed by atoms with Crippen LogP contribution in [0.4, 0.5) is 5.69 Å². The zero-order valence-corrected chi connectivity index (χ0v) is 9.50. The number of carbonyl (C=O) groups is 1. The minimum atomic E-state index is 0.109. The summed E-state index contributed by atoms with van der Waals surface area (Å²) in [6.07, 6.45) is 2.53. The molecule has 0 unspecified atom stereocenters. The predicted octanol–water partition coefficient (Wildman–Crippen LogP) is 2.73. The van der Waals surface area contributed by atoms with E-state index in [2.05, 4.69) is 0 Å². The summed E-state index contributed by atoms with van der Waals surface area (Å²) in [5.41, 5.74) is 1.23. The molecule has 82 valence electrons. The number of anilines is 1. The average molecular weight is 235 g/mol. The standard InChI is InChI=1S/C12H11ClN2O/c13-10-7-9(8-14)4-5-11(10)15-6-2-1-3-12(15)16/h4-5,7H,1-3,6H2. The lowest BCUT2D eigenvalue weighted by Crippen LogP contribution is -2.35. The Morgan fingerprint density at radius 1 is 1.38 bits per heavy atom. The summed E-state index contributed by atoms with van der Waals surface area (Å²) in [4.78, 5) is 13.4. The van der Waals surface area contributed by atoms with E-state index in [9.17, 15) is 4.79 Å². The van der Waals surface area contributed by atoms with Crippen molar-refractivity contribution in [1.29, 1.82) is 5.26 Å². The number of benzene rings is 1. The van der Waals surface area contributed by atoms with E-state index in [1.54, 1.807) is 23.1 Å². The smallest absolute Gasteiger partial charge is 0.227 e. The lowest BCUT2D eigenvalue weighted by molar-refractivity contribution is -0.119. The van der Waals surface area contributed by atoms with Crippen molar-refractivity contribution in [3.8, 4) is 6.07 Å². The molecule has 0 N–H and O–H groups in total. The Bertz CT molecular complexity index is 465. The number of nitrogens with zero attached hydrogens (tertiary/aromatic N) is 2. The van der Waals surface area contributed by atoms with Crippen LogP contribution in [0.2, 0.25) is 5.02 Å². The van der Waals surface area contributed by atoms with Gasteiger partial charge in [0.05, 0.1) is 22.3 Å². The zero-order chi connectivity index (χ0) is 11.5. The Balaban J connectivity index is 2.33. The lowest BCUT2D eigenvalue weighted by Gasteiger charge is -2.27. The van der Waals surface area contributed by atoms with E-state index in [4.69, 9.17) is 16.9 Å². The minimum absolute atomic E-state index is 0.109. The Kier molecular flexibility index (Phi) is 3.12. The molecular weight excluding hydrogens is 224 g/mol. The van der Waals surface area contributed by atoms with Crippen LogP contribution in [0.3, 0.4) is 0 Å². The van der Waals surface area contributed by atoms with E-state index < -0.39 is 0 Å². The van der Waals surface area contributed by atoms with Gasteiger partial charge in [0.25, 0.3) is 0 Å². The van der Waals surface area contributed by atoms with Crippen molar-refractivity contribution in [3.63, 3.8) is 0 Å². The average Bonchev–Trinajstić information content (AvgIpc) is 2.30. The number of hydrogen-bond acceptors (Lipinski definition) is 2. The molecule has 2 rings (SSSR count). The third kappa shape index (κ3) is 2.02. The summed E-state index contributed by atoms with van der Waals surface area (Å²) >= 11 is 6.06. The molecule has 0 atom stereocenters. The van der Waals surface area contributed by atoms with Crippen molar-refractivity contribution in [2.24, 2.45) is 0 Å². The third-order valence-corrected chi connectivity index (χ3v) is 2.99. The van der Waals surface area contributed by atoms with Gasteiger partial charge >= 0.3 is 0 Å². The Labute approximate surface area is 99.2 Å². The first-order valence-corrected chi connectivity index (χ1v) is 5.60. The summed E-state index contributed by atoms with van der Waals surface area (Å²) in [5.74, 6) is 0.109. The summed E-state index contributed by atoms with van der Waals surface area (Å²) in [6.45, 7) is 0.713. The number of rotatable bonds is 1. The van der Waals surface area contributed by atoms with Crippen LogP contribution in [0.15, 0.2) is 18.2 Å². The monoisotopic (exact) mass is 234 g/mol. The quantitative estimate of drug-likeness (QED) is 0.750. The van der Waals surface area contributed by atoms with Crippen molar-refractivity contribution >= 4 is 23.2 Å². The maximum atomic E-state index is 11.7. The van der Waals surface area contributed by atoms with Crippen LogP contribution in [-0.4, -0.2) is 12.5 Å². The maximum absolute atomic E-state index is 11.7. The Morgan fingerprint density at radius 3 is 2.81 bits per heavy atom. The van der Waals surface area contributed by atoms with Gasteiger partial charge in [-0.2, -0.15) is 5.26 Å². The molecule has 1 saturated heterocycles. The highest BCUT2D eigenvalue weighted by atomic mass is 35.5. The highest BCUT2D eigenvalue weighted by Gasteiger charge is 2.21. The minimum Gasteiger partial charge on any atom is -0.311 e.